The van der Waals surface area contributed by atoms with Crippen LogP contribution in [0.5, 0.6) is 0 Å². The number of fused-ring (bicyclic) bond motifs is 2. The Balaban J connectivity index is 2.33. The molecular weight excluding hydrogens is 338 g/mol. The van der Waals surface area contributed by atoms with Gasteiger partial charge in [-0.2, -0.15) is 0 Å². The highest BCUT2D eigenvalue weighted by atomic mass is 79.9. The standard InChI is InChI=1S/C14H12BrN3O3/c1-6-11(7(2)19)14(18-13(21)16-6)9-4-3-8(15)5-10(9)17-12(14)20/h3-5H,1-2H3,(H,17,20)(H2,16,18,21). The molecule has 0 aliphatic carbocycles. The SMILES string of the molecule is CC(=O)C1=C(C)NC(=O)NC12C(=O)Nc1cc(Br)ccc12. The van der Waals surface area contributed by atoms with Gasteiger partial charge in [0.15, 0.2) is 11.3 Å². The fourth-order valence-corrected chi connectivity index (χ4v) is 3.32. The second-order valence-corrected chi connectivity index (χ2v) is 5.95. The Morgan fingerprint density at radius 2 is 1.95 bits per heavy atom. The van der Waals surface area contributed by atoms with Gasteiger partial charge in [-0.1, -0.05) is 22.0 Å². The van der Waals surface area contributed by atoms with Crippen molar-refractivity contribution in [1.82, 2.24) is 10.6 Å². The smallest absolute Gasteiger partial charge is 0.320 e. The van der Waals surface area contributed by atoms with E-state index >= 15 is 0 Å². The summed E-state index contributed by atoms with van der Waals surface area (Å²) in [7, 11) is 0. The predicted molar refractivity (Wildman–Crippen MR) is 79.5 cm³/mol. The quantitative estimate of drug-likeness (QED) is 0.722. The minimum Gasteiger partial charge on any atom is -0.323 e. The van der Waals surface area contributed by atoms with Gasteiger partial charge in [0, 0.05) is 21.4 Å². The monoisotopic (exact) mass is 349 g/mol. The molecule has 2 aliphatic rings. The van der Waals surface area contributed by atoms with Crippen molar-refractivity contribution in [2.24, 2.45) is 0 Å². The Labute approximate surface area is 129 Å². The number of allylic oxidation sites excluding steroid dienone is 1. The van der Waals surface area contributed by atoms with Crippen LogP contribution in [-0.2, 0) is 15.1 Å². The first-order valence-electron chi connectivity index (χ1n) is 6.29. The number of urea groups is 1. The molecule has 0 radical (unpaired) electrons. The van der Waals surface area contributed by atoms with E-state index in [1.807, 2.05) is 0 Å². The van der Waals surface area contributed by atoms with E-state index in [4.69, 9.17) is 0 Å². The maximum absolute atomic E-state index is 12.6. The van der Waals surface area contributed by atoms with Gasteiger partial charge in [-0.15, -0.1) is 0 Å². The predicted octanol–water partition coefficient (Wildman–Crippen LogP) is 1.77. The van der Waals surface area contributed by atoms with Crippen molar-refractivity contribution >= 4 is 39.3 Å². The maximum Gasteiger partial charge on any atom is 0.320 e. The molecule has 1 spiro atoms. The summed E-state index contributed by atoms with van der Waals surface area (Å²) in [6, 6.07) is 4.72. The average molecular weight is 350 g/mol. The Bertz CT molecular complexity index is 741. The van der Waals surface area contributed by atoms with Crippen LogP contribution in [0.3, 0.4) is 0 Å². The van der Waals surface area contributed by atoms with Crippen molar-refractivity contribution in [1.29, 1.82) is 0 Å². The number of nitrogens with one attached hydrogen (secondary N) is 3. The molecule has 2 heterocycles. The first-order valence-corrected chi connectivity index (χ1v) is 7.08. The highest BCUT2D eigenvalue weighted by molar-refractivity contribution is 9.10. The molecule has 21 heavy (non-hydrogen) atoms. The first-order chi connectivity index (χ1) is 9.86. The third-order valence-electron chi connectivity index (χ3n) is 3.68. The molecule has 1 unspecified atom stereocenters. The second-order valence-electron chi connectivity index (χ2n) is 5.03. The number of anilines is 1. The number of benzene rings is 1. The number of hydrogen-bond donors (Lipinski definition) is 3. The summed E-state index contributed by atoms with van der Waals surface area (Å²) in [5.74, 6) is -0.707. The number of amides is 3. The molecule has 108 valence electrons. The summed E-state index contributed by atoms with van der Waals surface area (Å²) in [5, 5.41) is 7.89. The van der Waals surface area contributed by atoms with Crippen LogP contribution in [0.15, 0.2) is 33.9 Å². The zero-order valence-corrected chi connectivity index (χ0v) is 12.9. The maximum atomic E-state index is 12.6. The third-order valence-corrected chi connectivity index (χ3v) is 4.17. The van der Waals surface area contributed by atoms with Crippen molar-refractivity contribution < 1.29 is 14.4 Å². The Morgan fingerprint density at radius 3 is 2.62 bits per heavy atom. The van der Waals surface area contributed by atoms with E-state index in [1.165, 1.54) is 6.92 Å². The topological polar surface area (TPSA) is 87.3 Å². The lowest BCUT2D eigenvalue weighted by atomic mass is 9.79. The Hall–Kier alpha value is -2.15. The molecule has 0 bridgehead atoms. The van der Waals surface area contributed by atoms with Crippen LogP contribution in [-0.4, -0.2) is 17.7 Å². The van der Waals surface area contributed by atoms with E-state index in [1.54, 1.807) is 25.1 Å². The summed E-state index contributed by atoms with van der Waals surface area (Å²) in [6.45, 7) is 2.99. The molecule has 1 aromatic rings. The second kappa shape index (κ2) is 4.42. The first kappa shape index (κ1) is 13.8. The van der Waals surface area contributed by atoms with Crippen LogP contribution in [0.25, 0.3) is 0 Å². The van der Waals surface area contributed by atoms with Gasteiger partial charge in [0.25, 0.3) is 5.91 Å². The third kappa shape index (κ3) is 1.80. The number of Topliss-reactive ketones (excluding diaryl/α,β-unsaturated/α-hetero) is 1. The number of carbonyl (C=O) groups is 3. The summed E-state index contributed by atoms with van der Waals surface area (Å²) >= 11 is 3.34. The minimum absolute atomic E-state index is 0.251. The molecule has 0 saturated carbocycles. The molecule has 7 heteroatoms. The van der Waals surface area contributed by atoms with Crippen LogP contribution in [0, 0.1) is 0 Å². The normalized spacial score (nSPS) is 23.6. The number of halogens is 1. The summed E-state index contributed by atoms with van der Waals surface area (Å²) < 4.78 is 0.795. The lowest BCUT2D eigenvalue weighted by Crippen LogP contribution is -2.60. The van der Waals surface area contributed by atoms with Gasteiger partial charge >= 0.3 is 6.03 Å². The fourth-order valence-electron chi connectivity index (χ4n) is 2.96. The molecular formula is C14H12BrN3O3. The Morgan fingerprint density at radius 1 is 1.24 bits per heavy atom. The summed E-state index contributed by atoms with van der Waals surface area (Å²) in [6.07, 6.45) is 0. The van der Waals surface area contributed by atoms with Crippen molar-refractivity contribution in [2.75, 3.05) is 5.32 Å². The van der Waals surface area contributed by atoms with Gasteiger partial charge in [0.2, 0.25) is 0 Å². The van der Waals surface area contributed by atoms with Gasteiger partial charge in [0.1, 0.15) is 0 Å². The van der Waals surface area contributed by atoms with Crippen molar-refractivity contribution in [3.05, 3.63) is 39.5 Å². The largest absolute Gasteiger partial charge is 0.323 e. The van der Waals surface area contributed by atoms with Gasteiger partial charge in [-0.05, 0) is 26.0 Å². The lowest BCUT2D eigenvalue weighted by molar-refractivity contribution is -0.123. The zero-order valence-electron chi connectivity index (χ0n) is 11.3. The fraction of sp³-hybridized carbons (Fsp3) is 0.214. The highest BCUT2D eigenvalue weighted by Gasteiger charge is 2.55. The molecule has 2 aliphatic heterocycles. The van der Waals surface area contributed by atoms with Gasteiger partial charge < -0.3 is 16.0 Å². The van der Waals surface area contributed by atoms with E-state index < -0.39 is 17.5 Å². The molecule has 0 fully saturated rings. The van der Waals surface area contributed by atoms with Gasteiger partial charge in [-0.25, -0.2) is 4.79 Å². The molecule has 1 aromatic carbocycles. The minimum atomic E-state index is -1.46. The Kier molecular flexibility index (Phi) is 2.91. The lowest BCUT2D eigenvalue weighted by Gasteiger charge is -2.35. The van der Waals surface area contributed by atoms with Crippen LogP contribution >= 0.6 is 15.9 Å². The molecule has 3 amide bonds. The highest BCUT2D eigenvalue weighted by Crippen LogP contribution is 2.44. The van der Waals surface area contributed by atoms with E-state index in [9.17, 15) is 14.4 Å². The van der Waals surface area contributed by atoms with Crippen LogP contribution < -0.4 is 16.0 Å². The number of hydrogen-bond acceptors (Lipinski definition) is 3. The van der Waals surface area contributed by atoms with Crippen LogP contribution in [0.4, 0.5) is 10.5 Å². The molecule has 3 rings (SSSR count). The number of carbonyl (C=O) groups excluding carboxylic acids is 3. The molecule has 1 atom stereocenters. The molecule has 6 nitrogen and oxygen atoms in total. The van der Waals surface area contributed by atoms with Gasteiger partial charge in [0.05, 0.1) is 5.57 Å². The average Bonchev–Trinajstić information content (AvgIpc) is 2.60. The van der Waals surface area contributed by atoms with Crippen molar-refractivity contribution in [3.8, 4) is 0 Å². The molecule has 3 N–H and O–H groups in total. The van der Waals surface area contributed by atoms with E-state index in [-0.39, 0.29) is 11.4 Å². The van der Waals surface area contributed by atoms with E-state index in [0.717, 1.165) is 4.47 Å². The summed E-state index contributed by atoms with van der Waals surface area (Å²) in [5.41, 5.74) is 0.310. The summed E-state index contributed by atoms with van der Waals surface area (Å²) in [4.78, 5) is 36.5. The number of rotatable bonds is 1. The van der Waals surface area contributed by atoms with Crippen LogP contribution in [0.1, 0.15) is 19.4 Å². The molecule has 0 saturated heterocycles. The van der Waals surface area contributed by atoms with Gasteiger partial charge in [-0.3, -0.25) is 9.59 Å². The van der Waals surface area contributed by atoms with Crippen LogP contribution in [0.2, 0.25) is 0 Å². The zero-order chi connectivity index (χ0) is 15.4. The number of ketones is 1. The molecule has 0 aromatic heterocycles. The van der Waals surface area contributed by atoms with E-state index in [2.05, 4.69) is 31.9 Å². The van der Waals surface area contributed by atoms with Crippen molar-refractivity contribution in [3.63, 3.8) is 0 Å². The van der Waals surface area contributed by atoms with Crippen molar-refractivity contribution in [2.45, 2.75) is 19.4 Å². The van der Waals surface area contributed by atoms with E-state index in [0.29, 0.717) is 16.9 Å².